The summed E-state index contributed by atoms with van der Waals surface area (Å²) >= 11 is 0. The van der Waals surface area contributed by atoms with Crippen LogP contribution < -0.4 is 0 Å². The van der Waals surface area contributed by atoms with Crippen LogP contribution in [0, 0.1) is 5.92 Å². The predicted octanol–water partition coefficient (Wildman–Crippen LogP) is -1.33. The van der Waals surface area contributed by atoms with Crippen molar-refractivity contribution in [3.63, 3.8) is 0 Å². The molecule has 2 saturated heterocycles. The topological polar surface area (TPSA) is 211 Å². The summed E-state index contributed by atoms with van der Waals surface area (Å²) in [6.07, 6.45) is -10.1. The quantitative estimate of drug-likeness (QED) is 0.147. The smallest absolute Gasteiger partial charge is 0.331 e. The zero-order chi connectivity index (χ0) is 31.8. The maximum atomic E-state index is 13.4. The average molecular weight is 621 g/mol. The van der Waals surface area contributed by atoms with Gasteiger partial charge in [-0.05, 0) is 37.6 Å². The van der Waals surface area contributed by atoms with E-state index >= 15 is 0 Å². The van der Waals surface area contributed by atoms with Crippen LogP contribution in [0.3, 0.4) is 0 Å². The lowest BCUT2D eigenvalue weighted by Crippen LogP contribution is -2.63. The molecule has 0 aromatic heterocycles. The first-order valence-corrected chi connectivity index (χ1v) is 14.1. The number of ketones is 1. The van der Waals surface area contributed by atoms with Crippen molar-refractivity contribution in [2.24, 2.45) is 5.92 Å². The fraction of sp³-hybridized carbons (Fsp3) is 0.533. The number of esters is 1. The minimum atomic E-state index is -1.86. The summed E-state index contributed by atoms with van der Waals surface area (Å²) in [7, 11) is 0. The first kappa shape index (κ1) is 32.4. The number of carbonyl (C=O) groups is 2. The SMILES string of the molecule is CC1=CC(=O)[C@]2(O[C@@H]3O[C@@H](C)[C@H](O)[C@H](OC(=O)C=Cc4ccccc4)[C@@H]3O)C=CO[C@H](O[C@@H]3O[C@@H](CO)[C@@H](O)[C@@H](O)[C@H]3O)[C@H]12. The van der Waals surface area contributed by atoms with E-state index in [1.54, 1.807) is 31.2 Å². The number of hydrogen-bond acceptors (Lipinski definition) is 14. The molecule has 5 rings (SSSR count). The molecule has 0 bridgehead atoms. The summed E-state index contributed by atoms with van der Waals surface area (Å²) in [5.74, 6) is -2.43. The normalized spacial score (nSPS) is 42.1. The molecule has 1 aliphatic carbocycles. The van der Waals surface area contributed by atoms with Gasteiger partial charge in [-0.3, -0.25) is 4.79 Å². The molecule has 6 N–H and O–H groups in total. The van der Waals surface area contributed by atoms with Gasteiger partial charge in [-0.2, -0.15) is 0 Å². The first-order valence-electron chi connectivity index (χ1n) is 14.1. The van der Waals surface area contributed by atoms with Gasteiger partial charge in [0, 0.05) is 6.08 Å². The molecule has 1 aromatic rings. The average Bonchev–Trinajstić information content (AvgIpc) is 3.27. The third-order valence-electron chi connectivity index (χ3n) is 8.17. The third-order valence-corrected chi connectivity index (χ3v) is 8.17. The Labute approximate surface area is 252 Å². The standard InChI is InChI=1S/C30H36O14/c1-14-12-18(32)30(10-11-39-27(20(14)30)43-28-24(37)23(36)22(35)17(13-31)41-28)44-29-25(38)26(21(34)15(2)40-29)42-19(33)9-8-16-6-4-3-5-7-16/h3-12,15,17,20-29,31,34-38H,13H2,1-2H3/t15-,17-,20-,21-,22+,23+,24+,25-,26-,27+,28-,29-,30+/m0/s1. The number of ether oxygens (including phenoxy) is 6. The Balaban J connectivity index is 1.34. The van der Waals surface area contributed by atoms with Crippen molar-refractivity contribution in [2.45, 2.75) is 87.2 Å². The van der Waals surface area contributed by atoms with E-state index in [9.17, 15) is 40.2 Å². The van der Waals surface area contributed by atoms with E-state index in [4.69, 9.17) is 28.4 Å². The second-order valence-corrected chi connectivity index (χ2v) is 11.1. The van der Waals surface area contributed by atoms with Crippen LogP contribution in [-0.2, 0) is 38.0 Å². The number of rotatable bonds is 8. The van der Waals surface area contributed by atoms with Crippen molar-refractivity contribution < 1.29 is 68.6 Å². The molecular weight excluding hydrogens is 584 g/mol. The maximum Gasteiger partial charge on any atom is 0.331 e. The summed E-state index contributed by atoms with van der Waals surface area (Å²) in [6, 6.07) is 8.94. The van der Waals surface area contributed by atoms with E-state index in [1.807, 2.05) is 6.07 Å². The Hall–Kier alpha value is -3.02. The third kappa shape index (κ3) is 6.10. The van der Waals surface area contributed by atoms with Gasteiger partial charge in [-0.1, -0.05) is 35.9 Å². The zero-order valence-corrected chi connectivity index (χ0v) is 23.9. The highest BCUT2D eigenvalue weighted by molar-refractivity contribution is 6.03. The fourth-order valence-electron chi connectivity index (χ4n) is 5.72. The van der Waals surface area contributed by atoms with Gasteiger partial charge >= 0.3 is 5.97 Å². The van der Waals surface area contributed by atoms with Crippen LogP contribution in [0.5, 0.6) is 0 Å². The number of aliphatic hydroxyl groups excluding tert-OH is 6. The molecule has 240 valence electrons. The molecule has 4 aliphatic rings. The van der Waals surface area contributed by atoms with Crippen molar-refractivity contribution in [3.8, 4) is 0 Å². The molecule has 14 nitrogen and oxygen atoms in total. The second-order valence-electron chi connectivity index (χ2n) is 11.1. The van der Waals surface area contributed by atoms with Crippen LogP contribution >= 0.6 is 0 Å². The Bertz CT molecular complexity index is 1280. The van der Waals surface area contributed by atoms with Gasteiger partial charge < -0.3 is 59.1 Å². The molecule has 3 aliphatic heterocycles. The lowest BCUT2D eigenvalue weighted by atomic mass is 9.83. The van der Waals surface area contributed by atoms with Crippen LogP contribution in [0.2, 0.25) is 0 Å². The van der Waals surface area contributed by atoms with Crippen LogP contribution in [0.25, 0.3) is 6.08 Å². The van der Waals surface area contributed by atoms with E-state index < -0.39 is 97.6 Å². The number of benzene rings is 1. The highest BCUT2D eigenvalue weighted by Crippen LogP contribution is 2.46. The number of fused-ring (bicyclic) bond motifs is 1. The molecule has 0 radical (unpaired) electrons. The van der Waals surface area contributed by atoms with Crippen molar-refractivity contribution in [3.05, 3.63) is 66.0 Å². The van der Waals surface area contributed by atoms with Crippen LogP contribution in [0.15, 0.2) is 60.4 Å². The summed E-state index contributed by atoms with van der Waals surface area (Å²) in [5, 5.41) is 62.2. The fourth-order valence-corrected chi connectivity index (χ4v) is 5.72. The Kier molecular flexibility index (Phi) is 9.67. The van der Waals surface area contributed by atoms with Gasteiger partial charge in [-0.25, -0.2) is 4.79 Å². The summed E-state index contributed by atoms with van der Waals surface area (Å²) in [6.45, 7) is 2.40. The van der Waals surface area contributed by atoms with Crippen molar-refractivity contribution in [1.82, 2.24) is 0 Å². The Morgan fingerprint density at radius 1 is 0.955 bits per heavy atom. The highest BCUT2D eigenvalue weighted by atomic mass is 16.8. The molecule has 14 heteroatoms. The zero-order valence-electron chi connectivity index (χ0n) is 23.9. The molecule has 0 unspecified atom stereocenters. The minimum absolute atomic E-state index is 0.432. The lowest BCUT2D eigenvalue weighted by Gasteiger charge is -2.47. The van der Waals surface area contributed by atoms with E-state index in [0.717, 1.165) is 17.9 Å². The van der Waals surface area contributed by atoms with Crippen LogP contribution in [0.4, 0.5) is 0 Å². The number of aliphatic hydroxyl groups is 6. The van der Waals surface area contributed by atoms with Gasteiger partial charge in [0.25, 0.3) is 0 Å². The largest absolute Gasteiger partial charge is 0.472 e. The molecule has 44 heavy (non-hydrogen) atoms. The van der Waals surface area contributed by atoms with Crippen molar-refractivity contribution in [1.29, 1.82) is 0 Å². The minimum Gasteiger partial charge on any atom is -0.472 e. The number of hydrogen-bond donors (Lipinski definition) is 6. The Morgan fingerprint density at radius 2 is 1.68 bits per heavy atom. The molecule has 13 atom stereocenters. The summed E-state index contributed by atoms with van der Waals surface area (Å²) in [4.78, 5) is 26.0. The van der Waals surface area contributed by atoms with Crippen LogP contribution in [0.1, 0.15) is 19.4 Å². The Morgan fingerprint density at radius 3 is 2.39 bits per heavy atom. The van der Waals surface area contributed by atoms with Gasteiger partial charge in [0.05, 0.1) is 24.9 Å². The molecule has 0 saturated carbocycles. The molecule has 1 aromatic carbocycles. The molecule has 0 spiro atoms. The van der Waals surface area contributed by atoms with E-state index in [1.165, 1.54) is 25.2 Å². The lowest BCUT2D eigenvalue weighted by molar-refractivity contribution is -0.353. The van der Waals surface area contributed by atoms with Crippen molar-refractivity contribution in [2.75, 3.05) is 6.61 Å². The maximum absolute atomic E-state index is 13.4. The van der Waals surface area contributed by atoms with Gasteiger partial charge in [0.15, 0.2) is 30.1 Å². The van der Waals surface area contributed by atoms with E-state index in [-0.39, 0.29) is 0 Å². The van der Waals surface area contributed by atoms with Gasteiger partial charge in [-0.15, -0.1) is 0 Å². The van der Waals surface area contributed by atoms with Crippen molar-refractivity contribution >= 4 is 17.8 Å². The molecule has 2 fully saturated rings. The number of carbonyl (C=O) groups excluding carboxylic acids is 2. The monoisotopic (exact) mass is 620 g/mol. The molecular formula is C30H36O14. The van der Waals surface area contributed by atoms with Gasteiger partial charge in [0.2, 0.25) is 6.29 Å². The van der Waals surface area contributed by atoms with E-state index in [0.29, 0.717) is 5.57 Å². The highest BCUT2D eigenvalue weighted by Gasteiger charge is 2.60. The summed E-state index contributed by atoms with van der Waals surface area (Å²) in [5.41, 5.74) is -0.704. The first-order chi connectivity index (χ1) is 21.0. The summed E-state index contributed by atoms with van der Waals surface area (Å²) < 4.78 is 34.2. The molecule has 0 amide bonds. The van der Waals surface area contributed by atoms with Gasteiger partial charge in [0.1, 0.15) is 36.6 Å². The molecule has 3 heterocycles. The predicted molar refractivity (Wildman–Crippen MR) is 147 cm³/mol. The second kappa shape index (κ2) is 13.1. The van der Waals surface area contributed by atoms with E-state index in [2.05, 4.69) is 0 Å². The van der Waals surface area contributed by atoms with Crippen LogP contribution in [-0.4, -0.2) is 122 Å².